The summed E-state index contributed by atoms with van der Waals surface area (Å²) in [6.45, 7) is 37.1. The molecule has 4 aromatic rings. The van der Waals surface area contributed by atoms with Gasteiger partial charge in [0.15, 0.2) is 0 Å². The number of rotatable bonds is 26. The number of nitrogens with zero attached hydrogens (tertiary/aromatic N) is 4. The fourth-order valence-electron chi connectivity index (χ4n) is 6.95. The second-order valence-electron chi connectivity index (χ2n) is 13.8. The quantitative estimate of drug-likeness (QED) is 0.0508. The van der Waals surface area contributed by atoms with Crippen LogP contribution in [0, 0.1) is 0 Å². The van der Waals surface area contributed by atoms with Gasteiger partial charge in [-0.25, -0.2) is 0 Å². The fourth-order valence-corrected chi connectivity index (χ4v) is 6.95. The molecular weight excluding hydrogens is 709 g/mol. The Morgan fingerprint density at radius 1 is 0.397 bits per heavy atom. The van der Waals surface area contributed by atoms with Crippen molar-refractivity contribution in [2.24, 2.45) is 0 Å². The molecule has 0 aromatic heterocycles. The van der Waals surface area contributed by atoms with Gasteiger partial charge in [-0.2, -0.15) is 0 Å². The standard InChI is InChI=1S/C53H60N4O/c1-9-36-54(37-10-2)48-27-19-44(20-28-48)52(45-21-29-49(30-22-45)55(38-11-3)39-12-4)18-17-35-53(58,46-23-31-50(32-24-46)56(40-13-5)41-14-6)47-25-33-51(34-26-47)57(42-15-7)43-16-8/h9-35,58H,1-8,36-43H2. The smallest absolute Gasteiger partial charge is 0.133 e. The summed E-state index contributed by atoms with van der Waals surface area (Å²) in [6.07, 6.45) is 21.0. The maximum absolute atomic E-state index is 12.8. The largest absolute Gasteiger partial charge is 0.377 e. The van der Waals surface area contributed by atoms with E-state index < -0.39 is 5.60 Å². The van der Waals surface area contributed by atoms with Crippen molar-refractivity contribution in [3.8, 4) is 0 Å². The minimum atomic E-state index is -1.46. The summed E-state index contributed by atoms with van der Waals surface area (Å²) in [5, 5.41) is 12.8. The van der Waals surface area contributed by atoms with E-state index in [0.717, 1.165) is 50.6 Å². The summed E-state index contributed by atoms with van der Waals surface area (Å²) in [4.78, 5) is 8.78. The molecule has 58 heavy (non-hydrogen) atoms. The van der Waals surface area contributed by atoms with Gasteiger partial charge in [0.2, 0.25) is 0 Å². The fraction of sp³-hybridized carbons (Fsp3) is 0.170. The molecule has 0 atom stereocenters. The Balaban J connectivity index is 1.86. The average Bonchev–Trinajstić information content (AvgIpc) is 3.25. The van der Waals surface area contributed by atoms with E-state index in [9.17, 15) is 5.11 Å². The maximum atomic E-state index is 12.8. The Kier molecular flexibility index (Phi) is 17.4. The Morgan fingerprint density at radius 2 is 0.638 bits per heavy atom. The lowest BCUT2D eigenvalue weighted by Crippen LogP contribution is -2.26. The molecule has 0 aliphatic carbocycles. The van der Waals surface area contributed by atoms with Gasteiger partial charge in [-0.15, -0.1) is 52.6 Å². The maximum Gasteiger partial charge on any atom is 0.133 e. The van der Waals surface area contributed by atoms with Gasteiger partial charge >= 0.3 is 0 Å². The van der Waals surface area contributed by atoms with Crippen LogP contribution in [0.2, 0.25) is 0 Å². The molecule has 0 heterocycles. The summed E-state index contributed by atoms with van der Waals surface area (Å²) < 4.78 is 0. The van der Waals surface area contributed by atoms with E-state index >= 15 is 0 Å². The van der Waals surface area contributed by atoms with Crippen LogP contribution in [0.5, 0.6) is 0 Å². The van der Waals surface area contributed by atoms with E-state index in [1.807, 2.05) is 109 Å². The van der Waals surface area contributed by atoms with Gasteiger partial charge in [-0.05, 0) is 82.4 Å². The van der Waals surface area contributed by atoms with Crippen LogP contribution in [0.1, 0.15) is 22.3 Å². The molecule has 0 saturated heterocycles. The van der Waals surface area contributed by atoms with Crippen molar-refractivity contribution < 1.29 is 5.11 Å². The lowest BCUT2D eigenvalue weighted by atomic mass is 9.85. The van der Waals surface area contributed by atoms with Gasteiger partial charge in [-0.1, -0.05) is 109 Å². The lowest BCUT2D eigenvalue weighted by molar-refractivity contribution is 0.134. The van der Waals surface area contributed by atoms with Gasteiger partial charge in [0.1, 0.15) is 5.60 Å². The molecule has 0 aliphatic rings. The molecule has 5 nitrogen and oxygen atoms in total. The van der Waals surface area contributed by atoms with Gasteiger partial charge in [0.25, 0.3) is 0 Å². The molecular formula is C53H60N4O. The summed E-state index contributed by atoms with van der Waals surface area (Å²) in [5.41, 5.74) is 7.31. The van der Waals surface area contributed by atoms with E-state index in [4.69, 9.17) is 0 Å². The van der Waals surface area contributed by atoms with Gasteiger partial charge in [0.05, 0.1) is 0 Å². The number of hydrogen-bond donors (Lipinski definition) is 1. The van der Waals surface area contributed by atoms with Crippen molar-refractivity contribution in [1.29, 1.82) is 0 Å². The second-order valence-corrected chi connectivity index (χ2v) is 13.8. The van der Waals surface area contributed by atoms with Crippen LogP contribution >= 0.6 is 0 Å². The van der Waals surface area contributed by atoms with E-state index in [1.165, 1.54) is 0 Å². The van der Waals surface area contributed by atoms with E-state index in [2.05, 4.69) is 127 Å². The molecule has 4 aromatic carbocycles. The van der Waals surface area contributed by atoms with Crippen molar-refractivity contribution in [3.63, 3.8) is 0 Å². The minimum absolute atomic E-state index is 0.680. The zero-order valence-electron chi connectivity index (χ0n) is 34.1. The highest BCUT2D eigenvalue weighted by atomic mass is 16.3. The van der Waals surface area contributed by atoms with Crippen LogP contribution in [0.4, 0.5) is 22.7 Å². The Labute approximate surface area is 348 Å². The first-order valence-electron chi connectivity index (χ1n) is 19.7. The molecule has 0 saturated carbocycles. The van der Waals surface area contributed by atoms with Crippen molar-refractivity contribution in [2.45, 2.75) is 5.60 Å². The molecule has 4 rings (SSSR count). The Hall–Kier alpha value is -6.56. The molecule has 0 fully saturated rings. The number of anilines is 4. The number of benzene rings is 4. The molecule has 1 N–H and O–H groups in total. The highest BCUT2D eigenvalue weighted by molar-refractivity contribution is 5.82. The first kappa shape index (κ1) is 44.2. The van der Waals surface area contributed by atoms with Crippen LogP contribution in [-0.2, 0) is 5.60 Å². The van der Waals surface area contributed by atoms with Crippen LogP contribution in [0.3, 0.4) is 0 Å². The highest BCUT2D eigenvalue weighted by Crippen LogP contribution is 2.35. The normalized spacial score (nSPS) is 10.8. The van der Waals surface area contributed by atoms with Crippen LogP contribution in [0.15, 0.2) is 217 Å². The van der Waals surface area contributed by atoms with E-state index in [0.29, 0.717) is 52.4 Å². The van der Waals surface area contributed by atoms with Gasteiger partial charge < -0.3 is 24.7 Å². The molecule has 0 bridgehead atoms. The molecule has 0 amide bonds. The summed E-state index contributed by atoms with van der Waals surface area (Å²) in [7, 11) is 0. The molecule has 0 radical (unpaired) electrons. The predicted molar refractivity (Wildman–Crippen MR) is 255 cm³/mol. The summed E-state index contributed by atoms with van der Waals surface area (Å²) in [5.74, 6) is 0. The molecule has 0 spiro atoms. The van der Waals surface area contributed by atoms with Gasteiger partial charge in [-0.3, -0.25) is 0 Å². The highest BCUT2D eigenvalue weighted by Gasteiger charge is 2.29. The third-order valence-corrected chi connectivity index (χ3v) is 9.83. The van der Waals surface area contributed by atoms with Crippen LogP contribution in [-0.4, -0.2) is 57.5 Å². The van der Waals surface area contributed by atoms with E-state index in [-0.39, 0.29) is 0 Å². The van der Waals surface area contributed by atoms with Crippen molar-refractivity contribution >= 4 is 28.3 Å². The third-order valence-electron chi connectivity index (χ3n) is 9.83. The number of hydrogen-bond acceptors (Lipinski definition) is 5. The number of allylic oxidation sites excluding steroid dienone is 2. The molecule has 0 unspecified atom stereocenters. The first-order valence-corrected chi connectivity index (χ1v) is 19.7. The Bertz CT molecular complexity index is 1860. The lowest BCUT2D eigenvalue weighted by Gasteiger charge is -2.29. The summed E-state index contributed by atoms with van der Waals surface area (Å²) >= 11 is 0. The van der Waals surface area contributed by atoms with Crippen LogP contribution in [0.25, 0.3) is 5.57 Å². The van der Waals surface area contributed by atoms with Gasteiger partial charge in [0, 0.05) is 75.1 Å². The van der Waals surface area contributed by atoms with Crippen molar-refractivity contribution in [2.75, 3.05) is 72.0 Å². The SMILES string of the molecule is C=CCN(CC=C)c1ccc(C(=CC=CC(O)(c2ccc(N(CC=C)CC=C)cc2)c2ccc(N(CC=C)CC=C)cc2)c2ccc(N(CC=C)CC=C)cc2)cc1. The average molecular weight is 769 g/mol. The summed E-state index contributed by atoms with van der Waals surface area (Å²) in [6, 6.07) is 33.2. The molecule has 298 valence electrons. The Morgan fingerprint density at radius 3 is 0.879 bits per heavy atom. The zero-order valence-corrected chi connectivity index (χ0v) is 34.1. The topological polar surface area (TPSA) is 33.2 Å². The zero-order chi connectivity index (χ0) is 41.8. The predicted octanol–water partition coefficient (Wildman–Crippen LogP) is 11.3. The molecule has 5 heteroatoms. The first-order chi connectivity index (χ1) is 28.3. The monoisotopic (exact) mass is 768 g/mol. The van der Waals surface area contributed by atoms with Crippen molar-refractivity contribution in [1.82, 2.24) is 0 Å². The second kappa shape index (κ2) is 22.9. The number of aliphatic hydroxyl groups is 1. The van der Waals surface area contributed by atoms with E-state index in [1.54, 1.807) is 0 Å². The molecule has 0 aliphatic heterocycles. The van der Waals surface area contributed by atoms with Crippen LogP contribution < -0.4 is 19.6 Å². The van der Waals surface area contributed by atoms with Crippen molar-refractivity contribution in [3.05, 3.63) is 239 Å². The minimum Gasteiger partial charge on any atom is -0.377 e. The third kappa shape index (κ3) is 11.5.